The molecule has 41 heavy (non-hydrogen) atoms. The van der Waals surface area contributed by atoms with Crippen molar-refractivity contribution >= 4 is 34.2 Å². The van der Waals surface area contributed by atoms with Gasteiger partial charge in [-0.3, -0.25) is 9.52 Å². The number of rotatable bonds is 1. The van der Waals surface area contributed by atoms with Crippen LogP contribution in [-0.2, 0) is 22.8 Å². The third kappa shape index (κ3) is 5.66. The molecule has 6 nitrogen and oxygen atoms in total. The Bertz CT molecular complexity index is 1320. The lowest BCUT2D eigenvalue weighted by molar-refractivity contribution is 0.0981. The predicted molar refractivity (Wildman–Crippen MR) is 167 cm³/mol. The second-order valence-corrected chi connectivity index (χ2v) is 15.1. The Morgan fingerprint density at radius 2 is 1.98 bits per heavy atom. The topological polar surface area (TPSA) is 84.7 Å². The molecule has 2 aromatic carbocycles. The molecule has 7 unspecified atom stereocenters. The smallest absolute Gasteiger partial charge is 0.263 e. The van der Waals surface area contributed by atoms with Crippen LogP contribution in [0, 0.1) is 23.7 Å². The van der Waals surface area contributed by atoms with Gasteiger partial charge in [-0.1, -0.05) is 31.0 Å². The minimum atomic E-state index is -1.46. The molecule has 2 aromatic rings. The molecule has 2 aliphatic carbocycles. The van der Waals surface area contributed by atoms with Gasteiger partial charge < -0.3 is 15.4 Å². The quantitative estimate of drug-likeness (QED) is 0.420. The highest BCUT2D eigenvalue weighted by Gasteiger charge is 2.44. The van der Waals surface area contributed by atoms with E-state index in [0.29, 0.717) is 29.9 Å². The molecule has 6 rings (SSSR count). The van der Waals surface area contributed by atoms with E-state index >= 15 is 0 Å². The summed E-state index contributed by atoms with van der Waals surface area (Å²) in [4.78, 5) is 15.9. The number of nitrogens with one attached hydrogen (secondary N) is 1. The number of fused-ring (bicyclic) bond motifs is 4. The van der Waals surface area contributed by atoms with Crippen molar-refractivity contribution in [1.82, 2.24) is 4.72 Å². The summed E-state index contributed by atoms with van der Waals surface area (Å²) in [6, 6.07) is 12.0. The standard InChI is InChI=1S/C33H44ClN3O3S/c1-21-5-3-6-25(17-35)28-11-8-26(28)18-37-19-33(14-4-7-23-15-27(34)10-12-29(23)33)20-40-31-13-9-24(16-30(31)37)32(38)36-41(39)22(21)2/h9-10,12-13,15-16,21-22,25-26,28H,3-8,11,14,17-20,35H2,1-2H3,(H,36,38). The van der Waals surface area contributed by atoms with Crippen molar-refractivity contribution in [3.8, 4) is 5.75 Å². The monoisotopic (exact) mass is 597 g/mol. The third-order valence-corrected chi connectivity index (χ3v) is 12.5. The number of carbonyl (C=O) groups is 1. The van der Waals surface area contributed by atoms with Crippen LogP contribution in [0.2, 0.25) is 5.02 Å². The zero-order valence-electron chi connectivity index (χ0n) is 24.4. The number of hydrogen-bond donors (Lipinski definition) is 2. The van der Waals surface area contributed by atoms with Gasteiger partial charge in [-0.25, -0.2) is 4.21 Å². The Kier molecular flexibility index (Phi) is 8.41. The van der Waals surface area contributed by atoms with Gasteiger partial charge in [-0.05, 0) is 124 Å². The maximum absolute atomic E-state index is 13.4. The summed E-state index contributed by atoms with van der Waals surface area (Å²) < 4.78 is 22.6. The number of hydrogen-bond acceptors (Lipinski definition) is 5. The summed E-state index contributed by atoms with van der Waals surface area (Å²) in [6.45, 7) is 7.19. The molecule has 0 aromatic heterocycles. The molecule has 3 N–H and O–H groups in total. The summed E-state index contributed by atoms with van der Waals surface area (Å²) in [6.07, 6.45) is 8.79. The maximum atomic E-state index is 13.4. The molecule has 2 bridgehead atoms. The van der Waals surface area contributed by atoms with Crippen LogP contribution < -0.4 is 20.1 Å². The number of halogens is 1. The van der Waals surface area contributed by atoms with E-state index in [0.717, 1.165) is 74.6 Å². The molecule has 1 fully saturated rings. The van der Waals surface area contributed by atoms with Gasteiger partial charge >= 0.3 is 0 Å². The predicted octanol–water partition coefficient (Wildman–Crippen LogP) is 6.02. The van der Waals surface area contributed by atoms with E-state index in [1.807, 2.05) is 31.2 Å². The van der Waals surface area contributed by atoms with Crippen molar-refractivity contribution in [1.29, 1.82) is 0 Å². The number of amides is 1. The molecule has 1 amide bonds. The molecule has 7 atom stereocenters. The third-order valence-electron chi connectivity index (χ3n) is 10.7. The van der Waals surface area contributed by atoms with Gasteiger partial charge in [0, 0.05) is 29.1 Å². The number of carbonyl (C=O) groups excluding carboxylic acids is 1. The van der Waals surface area contributed by atoms with Crippen LogP contribution >= 0.6 is 11.6 Å². The SMILES string of the molecule is CC1CCCC(CN)C2CCC2CN2CC3(CCCc4cc(Cl)ccc43)COc3ccc(cc32)C(=O)NS(=O)C1C. The molecule has 0 saturated heterocycles. The average molecular weight is 598 g/mol. The van der Waals surface area contributed by atoms with Crippen LogP contribution in [0.5, 0.6) is 5.75 Å². The van der Waals surface area contributed by atoms with E-state index in [9.17, 15) is 9.00 Å². The van der Waals surface area contributed by atoms with Crippen molar-refractivity contribution in [3.05, 3.63) is 58.1 Å². The number of ether oxygens (including phenoxy) is 1. The van der Waals surface area contributed by atoms with E-state index in [-0.39, 0.29) is 22.5 Å². The zero-order chi connectivity index (χ0) is 28.7. The van der Waals surface area contributed by atoms with Gasteiger partial charge in [0.1, 0.15) is 16.7 Å². The van der Waals surface area contributed by atoms with E-state index in [1.165, 1.54) is 24.0 Å². The fourth-order valence-electron chi connectivity index (χ4n) is 7.88. The number of benzene rings is 2. The van der Waals surface area contributed by atoms with Gasteiger partial charge in [-0.15, -0.1) is 0 Å². The highest BCUT2D eigenvalue weighted by atomic mass is 35.5. The molecule has 2 heterocycles. The normalized spacial score (nSPS) is 34.0. The molecular weight excluding hydrogens is 554 g/mol. The van der Waals surface area contributed by atoms with Gasteiger partial charge in [0.2, 0.25) is 0 Å². The minimum Gasteiger partial charge on any atom is -0.490 e. The lowest BCUT2D eigenvalue weighted by Crippen LogP contribution is -2.49. The molecule has 0 radical (unpaired) electrons. The summed E-state index contributed by atoms with van der Waals surface area (Å²) in [5.74, 6) is 2.46. The first-order valence-corrected chi connectivity index (χ1v) is 17.1. The Morgan fingerprint density at radius 1 is 1.12 bits per heavy atom. The molecule has 1 spiro atoms. The molecular formula is C33H44ClN3O3S. The fourth-order valence-corrected chi connectivity index (χ4v) is 9.12. The van der Waals surface area contributed by atoms with Crippen molar-refractivity contribution in [2.24, 2.45) is 29.4 Å². The first kappa shape index (κ1) is 29.0. The zero-order valence-corrected chi connectivity index (χ0v) is 25.9. The van der Waals surface area contributed by atoms with Crippen molar-refractivity contribution < 1.29 is 13.7 Å². The number of nitrogens with zero attached hydrogens (tertiary/aromatic N) is 1. The Morgan fingerprint density at radius 3 is 2.76 bits per heavy atom. The summed E-state index contributed by atoms with van der Waals surface area (Å²) in [5.41, 5.74) is 10.4. The Hall–Kier alpha value is -2.09. The summed E-state index contributed by atoms with van der Waals surface area (Å²) in [7, 11) is -1.46. The average Bonchev–Trinajstić information content (AvgIpc) is 3.10. The molecule has 2 aliphatic heterocycles. The molecule has 8 heteroatoms. The van der Waals surface area contributed by atoms with Crippen molar-refractivity contribution in [3.63, 3.8) is 0 Å². The largest absolute Gasteiger partial charge is 0.490 e. The number of nitrogens with two attached hydrogens (primary N) is 1. The summed E-state index contributed by atoms with van der Waals surface area (Å²) >= 11 is 6.42. The second-order valence-electron chi connectivity index (χ2n) is 13.1. The molecule has 4 aliphatic rings. The van der Waals surface area contributed by atoms with Gasteiger partial charge in [0.05, 0.1) is 17.5 Å². The number of anilines is 1. The van der Waals surface area contributed by atoms with E-state index in [4.69, 9.17) is 22.1 Å². The van der Waals surface area contributed by atoms with Gasteiger partial charge in [0.15, 0.2) is 0 Å². The Labute approximate surface area is 252 Å². The highest BCUT2D eigenvalue weighted by Crippen LogP contribution is 2.47. The van der Waals surface area contributed by atoms with Crippen molar-refractivity contribution in [2.45, 2.75) is 75.9 Å². The molecule has 1 saturated carbocycles. The van der Waals surface area contributed by atoms with E-state index in [2.05, 4.69) is 28.7 Å². The maximum Gasteiger partial charge on any atom is 0.263 e. The minimum absolute atomic E-state index is 0.125. The van der Waals surface area contributed by atoms with Gasteiger partial charge in [-0.2, -0.15) is 0 Å². The first-order chi connectivity index (χ1) is 19.8. The lowest BCUT2D eigenvalue weighted by Gasteiger charge is -2.46. The van der Waals surface area contributed by atoms with E-state index < -0.39 is 11.0 Å². The van der Waals surface area contributed by atoms with Crippen LogP contribution in [0.1, 0.15) is 80.3 Å². The first-order valence-electron chi connectivity index (χ1n) is 15.5. The summed E-state index contributed by atoms with van der Waals surface area (Å²) in [5, 5.41) is 0.658. The number of aryl methyl sites for hydroxylation is 1. The van der Waals surface area contributed by atoms with E-state index in [1.54, 1.807) is 0 Å². The van der Waals surface area contributed by atoms with Crippen molar-refractivity contribution in [2.75, 3.05) is 31.1 Å². The van der Waals surface area contributed by atoms with Crippen LogP contribution in [0.4, 0.5) is 5.69 Å². The highest BCUT2D eigenvalue weighted by molar-refractivity contribution is 7.84. The Balaban J connectivity index is 1.40. The fraction of sp³-hybridized carbons (Fsp3) is 0.606. The van der Waals surface area contributed by atoms with Gasteiger partial charge in [0.25, 0.3) is 5.91 Å². The van der Waals surface area contributed by atoms with Crippen LogP contribution in [0.25, 0.3) is 0 Å². The van der Waals surface area contributed by atoms with Crippen LogP contribution in [0.15, 0.2) is 36.4 Å². The van der Waals surface area contributed by atoms with Crippen LogP contribution in [-0.4, -0.2) is 41.6 Å². The molecule has 222 valence electrons. The lowest BCUT2D eigenvalue weighted by atomic mass is 9.65. The van der Waals surface area contributed by atoms with Crippen LogP contribution in [0.3, 0.4) is 0 Å². The second kappa shape index (κ2) is 11.9.